The third-order valence-corrected chi connectivity index (χ3v) is 11.5. The average molecular weight is 740 g/mol. The van der Waals surface area contributed by atoms with E-state index in [-0.39, 0.29) is 0 Å². The number of para-hydroxylation sites is 3. The number of furan rings is 1. The van der Waals surface area contributed by atoms with Crippen LogP contribution in [0.2, 0.25) is 0 Å². The molecule has 0 aliphatic rings. The van der Waals surface area contributed by atoms with Crippen molar-refractivity contribution in [2.75, 3.05) is 4.90 Å². The quantitative estimate of drug-likeness (QED) is 0.162. The van der Waals surface area contributed by atoms with Gasteiger partial charge in [0, 0.05) is 27.6 Å². The summed E-state index contributed by atoms with van der Waals surface area (Å²) in [6.45, 7) is 0. The van der Waals surface area contributed by atoms with Crippen molar-refractivity contribution in [2.45, 2.75) is 0 Å². The topological polar surface area (TPSA) is 16.4 Å². The summed E-state index contributed by atoms with van der Waals surface area (Å²) in [5.74, 6) is 0. The molecule has 0 unspecified atom stereocenters. The van der Waals surface area contributed by atoms with Gasteiger partial charge in [-0.3, -0.25) is 0 Å². The SMILES string of the molecule is c1ccc(-c2cccc3ccccc23)c(-c2ccccc2N(c2ccc(-c3cccc4ccccc34)cc2)c2ccccc2-c2cccc3oc4ccccc4c23)c1. The van der Waals surface area contributed by atoms with Gasteiger partial charge in [-0.05, 0) is 91.3 Å². The Morgan fingerprint density at radius 1 is 0.276 bits per heavy atom. The molecule has 2 nitrogen and oxygen atoms in total. The highest BCUT2D eigenvalue weighted by Crippen LogP contribution is 2.49. The van der Waals surface area contributed by atoms with Gasteiger partial charge in [-0.25, -0.2) is 0 Å². The summed E-state index contributed by atoms with van der Waals surface area (Å²) >= 11 is 0. The van der Waals surface area contributed by atoms with Crippen LogP contribution in [0.4, 0.5) is 17.1 Å². The number of nitrogens with zero attached hydrogens (tertiary/aromatic N) is 1. The van der Waals surface area contributed by atoms with Gasteiger partial charge in [-0.2, -0.15) is 0 Å². The van der Waals surface area contributed by atoms with E-state index >= 15 is 0 Å². The Morgan fingerprint density at radius 3 is 1.40 bits per heavy atom. The van der Waals surface area contributed by atoms with E-state index < -0.39 is 0 Å². The number of fused-ring (bicyclic) bond motifs is 5. The molecule has 58 heavy (non-hydrogen) atoms. The van der Waals surface area contributed by atoms with Crippen molar-refractivity contribution in [2.24, 2.45) is 0 Å². The first-order valence-electron chi connectivity index (χ1n) is 19.8. The average Bonchev–Trinajstić information content (AvgIpc) is 3.69. The number of rotatable bonds is 7. The Labute approximate surface area is 337 Å². The molecule has 0 saturated heterocycles. The molecule has 0 bridgehead atoms. The number of hydrogen-bond acceptors (Lipinski definition) is 2. The lowest BCUT2D eigenvalue weighted by molar-refractivity contribution is 0.669. The fraction of sp³-hybridized carbons (Fsp3) is 0. The lowest BCUT2D eigenvalue weighted by Crippen LogP contribution is -2.12. The lowest BCUT2D eigenvalue weighted by atomic mass is 9.90. The predicted octanol–water partition coefficient (Wildman–Crippen LogP) is 16.0. The molecule has 0 aliphatic carbocycles. The van der Waals surface area contributed by atoms with E-state index in [2.05, 4.69) is 223 Å². The zero-order valence-corrected chi connectivity index (χ0v) is 31.7. The highest BCUT2D eigenvalue weighted by Gasteiger charge is 2.23. The molecule has 10 aromatic carbocycles. The van der Waals surface area contributed by atoms with E-state index in [1.54, 1.807) is 0 Å². The summed E-state index contributed by atoms with van der Waals surface area (Å²) in [6, 6.07) is 80.8. The zero-order chi connectivity index (χ0) is 38.4. The van der Waals surface area contributed by atoms with Crippen LogP contribution in [-0.2, 0) is 0 Å². The van der Waals surface area contributed by atoms with Gasteiger partial charge in [0.25, 0.3) is 0 Å². The zero-order valence-electron chi connectivity index (χ0n) is 31.7. The number of benzene rings is 10. The van der Waals surface area contributed by atoms with Crippen molar-refractivity contribution in [3.05, 3.63) is 224 Å². The first-order valence-corrected chi connectivity index (χ1v) is 19.8. The number of anilines is 3. The van der Waals surface area contributed by atoms with Crippen LogP contribution in [0.15, 0.2) is 229 Å². The second-order valence-electron chi connectivity index (χ2n) is 14.8. The van der Waals surface area contributed by atoms with Crippen LogP contribution in [0.5, 0.6) is 0 Å². The van der Waals surface area contributed by atoms with E-state index in [1.807, 2.05) is 6.07 Å². The van der Waals surface area contributed by atoms with Gasteiger partial charge in [-0.1, -0.05) is 188 Å². The molecule has 11 aromatic rings. The van der Waals surface area contributed by atoms with Crippen LogP contribution in [0.25, 0.3) is 88.0 Å². The molecule has 272 valence electrons. The molecule has 0 fully saturated rings. The second kappa shape index (κ2) is 14.1. The molecule has 0 radical (unpaired) electrons. The summed E-state index contributed by atoms with van der Waals surface area (Å²) in [6.07, 6.45) is 0. The molecule has 0 amide bonds. The van der Waals surface area contributed by atoms with E-state index in [0.29, 0.717) is 0 Å². The highest BCUT2D eigenvalue weighted by atomic mass is 16.3. The van der Waals surface area contributed by atoms with Gasteiger partial charge in [-0.15, -0.1) is 0 Å². The molecule has 0 spiro atoms. The molecule has 0 N–H and O–H groups in total. The van der Waals surface area contributed by atoms with E-state index in [9.17, 15) is 0 Å². The maximum Gasteiger partial charge on any atom is 0.136 e. The summed E-state index contributed by atoms with van der Waals surface area (Å²) in [5.41, 5.74) is 14.4. The number of hydrogen-bond donors (Lipinski definition) is 0. The van der Waals surface area contributed by atoms with Crippen LogP contribution in [0.3, 0.4) is 0 Å². The van der Waals surface area contributed by atoms with Crippen LogP contribution in [-0.4, -0.2) is 0 Å². The van der Waals surface area contributed by atoms with Gasteiger partial charge < -0.3 is 9.32 Å². The first-order chi connectivity index (χ1) is 28.8. The monoisotopic (exact) mass is 739 g/mol. The van der Waals surface area contributed by atoms with Gasteiger partial charge in [0.1, 0.15) is 11.2 Å². The normalized spacial score (nSPS) is 11.4. The van der Waals surface area contributed by atoms with Gasteiger partial charge in [0.05, 0.1) is 11.4 Å². The molecule has 0 saturated carbocycles. The van der Waals surface area contributed by atoms with Gasteiger partial charge >= 0.3 is 0 Å². The first kappa shape index (κ1) is 33.6. The summed E-state index contributed by atoms with van der Waals surface area (Å²) in [5, 5.41) is 7.17. The molecular formula is C56H37NO. The van der Waals surface area contributed by atoms with Crippen molar-refractivity contribution in [1.82, 2.24) is 0 Å². The van der Waals surface area contributed by atoms with Crippen molar-refractivity contribution < 1.29 is 4.42 Å². The smallest absolute Gasteiger partial charge is 0.136 e. The minimum absolute atomic E-state index is 0.879. The maximum atomic E-state index is 6.42. The van der Waals surface area contributed by atoms with Crippen molar-refractivity contribution in [3.63, 3.8) is 0 Å². The Balaban J connectivity index is 1.15. The van der Waals surface area contributed by atoms with Crippen molar-refractivity contribution in [1.29, 1.82) is 0 Å². The summed E-state index contributed by atoms with van der Waals surface area (Å²) < 4.78 is 6.42. The van der Waals surface area contributed by atoms with Crippen molar-refractivity contribution >= 4 is 60.5 Å². The molecule has 2 heteroatoms. The van der Waals surface area contributed by atoms with E-state index in [0.717, 1.165) is 55.7 Å². The van der Waals surface area contributed by atoms with Crippen molar-refractivity contribution in [3.8, 4) is 44.5 Å². The van der Waals surface area contributed by atoms with Crippen LogP contribution in [0.1, 0.15) is 0 Å². The Kier molecular flexibility index (Phi) is 8.19. The fourth-order valence-electron chi connectivity index (χ4n) is 8.88. The molecule has 0 aliphatic heterocycles. The highest BCUT2D eigenvalue weighted by molar-refractivity contribution is 6.14. The molecule has 1 heterocycles. The second-order valence-corrected chi connectivity index (χ2v) is 14.8. The van der Waals surface area contributed by atoms with Crippen LogP contribution < -0.4 is 4.90 Å². The molecule has 0 atom stereocenters. The molecule has 1 aromatic heterocycles. The van der Waals surface area contributed by atoms with Gasteiger partial charge in [0.15, 0.2) is 0 Å². The third kappa shape index (κ3) is 5.66. The largest absolute Gasteiger partial charge is 0.456 e. The summed E-state index contributed by atoms with van der Waals surface area (Å²) in [7, 11) is 0. The van der Waals surface area contributed by atoms with Gasteiger partial charge in [0.2, 0.25) is 0 Å². The minimum Gasteiger partial charge on any atom is -0.456 e. The van der Waals surface area contributed by atoms with E-state index in [4.69, 9.17) is 4.42 Å². The van der Waals surface area contributed by atoms with E-state index in [1.165, 1.54) is 49.4 Å². The predicted molar refractivity (Wildman–Crippen MR) is 245 cm³/mol. The molecular weight excluding hydrogens is 703 g/mol. The summed E-state index contributed by atoms with van der Waals surface area (Å²) in [4.78, 5) is 2.44. The maximum absolute atomic E-state index is 6.42. The Bertz CT molecular complexity index is 3290. The Morgan fingerprint density at radius 2 is 0.707 bits per heavy atom. The fourth-order valence-corrected chi connectivity index (χ4v) is 8.88. The van der Waals surface area contributed by atoms with Crippen LogP contribution in [0, 0.1) is 0 Å². The third-order valence-electron chi connectivity index (χ3n) is 11.5. The van der Waals surface area contributed by atoms with Crippen LogP contribution >= 0.6 is 0 Å². The minimum atomic E-state index is 0.879. The standard InChI is InChI=1S/C56H37NO/c1-3-20-42-38(16-1)18-13-27-43(42)40-34-36-41(37-35-40)57(53-31-11-8-25-49(53)50-29-15-33-55-56(50)51-26-9-12-32-54(51)58-55)52-30-10-7-24-48(52)47-23-6-5-22-46(47)45-28-14-19-39-17-2-4-21-44(39)45/h1-37H. The Hall–Kier alpha value is -7.68. The lowest BCUT2D eigenvalue weighted by Gasteiger charge is -2.30. The molecule has 11 rings (SSSR count).